The molecular weight excluding hydrogens is 578 g/mol. The van der Waals surface area contributed by atoms with Crippen LogP contribution in [-0.2, 0) is 15.0 Å². The lowest BCUT2D eigenvalue weighted by Crippen LogP contribution is -2.44. The quantitative estimate of drug-likeness (QED) is 0.145. The minimum Gasteiger partial charge on any atom is -0.366 e. The molecule has 1 unspecified atom stereocenters. The number of carbonyl (C=O) groups is 2. The molecule has 0 spiro atoms. The summed E-state index contributed by atoms with van der Waals surface area (Å²) in [6, 6.07) is 25.7. The van der Waals surface area contributed by atoms with Crippen molar-refractivity contribution in [3.05, 3.63) is 134 Å². The molecule has 5 rings (SSSR count). The van der Waals surface area contributed by atoms with Gasteiger partial charge in [-0.25, -0.2) is 0 Å². The smallest absolute Gasteiger partial charge is 0.269 e. The van der Waals surface area contributed by atoms with Crippen LogP contribution in [0, 0.1) is 17.0 Å². The molecule has 1 saturated heterocycles. The molecule has 240 valence electrons. The van der Waals surface area contributed by atoms with Crippen LogP contribution >= 0.6 is 0 Å². The van der Waals surface area contributed by atoms with Gasteiger partial charge in [0.15, 0.2) is 0 Å². The number of hydrogen-bond donors (Lipinski definition) is 3. The molecule has 0 aliphatic carbocycles. The van der Waals surface area contributed by atoms with Gasteiger partial charge in [-0.15, -0.1) is 0 Å². The molecule has 2 aliphatic heterocycles. The molecule has 0 bridgehead atoms. The van der Waals surface area contributed by atoms with Gasteiger partial charge in [0, 0.05) is 52.6 Å². The number of allylic oxidation sites excluding steroid dienone is 2. The molecule has 0 aromatic heterocycles. The van der Waals surface area contributed by atoms with Gasteiger partial charge in [-0.1, -0.05) is 79.2 Å². The van der Waals surface area contributed by atoms with Crippen molar-refractivity contribution in [3.8, 4) is 0 Å². The van der Waals surface area contributed by atoms with Crippen LogP contribution in [0.2, 0.25) is 0 Å². The molecule has 1 fully saturated rings. The Bertz CT molecular complexity index is 1640. The summed E-state index contributed by atoms with van der Waals surface area (Å²) >= 11 is 0. The number of dihydropyridines is 1. The van der Waals surface area contributed by atoms with Gasteiger partial charge in [0.25, 0.3) is 5.69 Å². The van der Waals surface area contributed by atoms with Crippen molar-refractivity contribution >= 4 is 17.5 Å². The van der Waals surface area contributed by atoms with Gasteiger partial charge < -0.3 is 21.3 Å². The largest absolute Gasteiger partial charge is 0.366 e. The van der Waals surface area contributed by atoms with Crippen LogP contribution in [0.1, 0.15) is 67.7 Å². The van der Waals surface area contributed by atoms with Crippen molar-refractivity contribution in [2.24, 2.45) is 5.73 Å². The summed E-state index contributed by atoms with van der Waals surface area (Å²) in [7, 11) is 0. The normalized spacial score (nSPS) is 18.2. The standard InChI is InChI=1S/C37H43N5O4/c1-4-31-34(33(32(35(38)43)26(3)40-31)27-13-17-30(18-14-27)42(45)46)36(44)39-21-8-22-41-23-19-37(20-24-41,28-9-6-5-7-10-28)29-15-11-25(2)12-16-29/h5-7,9-18,33,40H,4,8,19-24H2,1-3H3,(H2,38,43)(H,39,44). The van der Waals surface area contributed by atoms with Crippen LogP contribution in [0.4, 0.5) is 5.69 Å². The Morgan fingerprint density at radius 3 is 2.17 bits per heavy atom. The first-order chi connectivity index (χ1) is 22.1. The SMILES string of the molecule is CCC1=C(C(=O)NCCCN2CCC(c3ccccc3)(c3ccc(C)cc3)CC2)C(c2ccc([N+](=O)[O-])cc2)C(C(N)=O)=C(C)N1. The van der Waals surface area contributed by atoms with E-state index in [-0.39, 0.29) is 22.6 Å². The fourth-order valence-corrected chi connectivity index (χ4v) is 7.02. The number of amides is 2. The zero-order chi connectivity index (χ0) is 32.8. The number of aryl methyl sites for hydroxylation is 1. The topological polar surface area (TPSA) is 131 Å². The van der Waals surface area contributed by atoms with Crippen molar-refractivity contribution in [2.45, 2.75) is 57.8 Å². The van der Waals surface area contributed by atoms with E-state index in [4.69, 9.17) is 5.73 Å². The highest BCUT2D eigenvalue weighted by Gasteiger charge is 2.38. The molecule has 3 aromatic carbocycles. The van der Waals surface area contributed by atoms with Crippen molar-refractivity contribution in [1.29, 1.82) is 0 Å². The Hall–Kier alpha value is -4.76. The molecular formula is C37H43N5O4. The fourth-order valence-electron chi connectivity index (χ4n) is 7.02. The Labute approximate surface area is 270 Å². The Kier molecular flexibility index (Phi) is 10.0. The first-order valence-corrected chi connectivity index (χ1v) is 16.0. The molecule has 9 nitrogen and oxygen atoms in total. The number of piperidine rings is 1. The summed E-state index contributed by atoms with van der Waals surface area (Å²) < 4.78 is 0. The maximum Gasteiger partial charge on any atom is 0.269 e. The average Bonchev–Trinajstić information content (AvgIpc) is 3.07. The number of nitro benzene ring substituents is 1. The number of benzene rings is 3. The molecule has 2 amide bonds. The second kappa shape index (κ2) is 14.1. The third-order valence-corrected chi connectivity index (χ3v) is 9.52. The third kappa shape index (κ3) is 6.74. The highest BCUT2D eigenvalue weighted by molar-refractivity contribution is 6.03. The first kappa shape index (κ1) is 32.6. The van der Waals surface area contributed by atoms with E-state index in [9.17, 15) is 19.7 Å². The van der Waals surface area contributed by atoms with Crippen LogP contribution in [0.3, 0.4) is 0 Å². The lowest BCUT2D eigenvalue weighted by atomic mass is 9.68. The molecule has 2 aliphatic rings. The minimum absolute atomic E-state index is 0.0205. The average molecular weight is 622 g/mol. The monoisotopic (exact) mass is 621 g/mol. The molecule has 9 heteroatoms. The molecule has 4 N–H and O–H groups in total. The number of primary amides is 1. The summed E-state index contributed by atoms with van der Waals surface area (Å²) in [6.07, 6.45) is 3.34. The second-order valence-electron chi connectivity index (χ2n) is 12.3. The van der Waals surface area contributed by atoms with E-state index < -0.39 is 16.7 Å². The van der Waals surface area contributed by atoms with Crippen LogP contribution in [0.25, 0.3) is 0 Å². The maximum atomic E-state index is 13.8. The summed E-state index contributed by atoms with van der Waals surface area (Å²) in [5.41, 5.74) is 12.3. The lowest BCUT2D eigenvalue weighted by molar-refractivity contribution is -0.384. The Morgan fingerprint density at radius 2 is 1.59 bits per heavy atom. The first-order valence-electron chi connectivity index (χ1n) is 16.0. The van der Waals surface area contributed by atoms with Gasteiger partial charge in [-0.2, -0.15) is 0 Å². The van der Waals surface area contributed by atoms with Gasteiger partial charge in [-0.05, 0) is 75.9 Å². The zero-order valence-electron chi connectivity index (χ0n) is 26.8. The number of nitro groups is 1. The predicted octanol–water partition coefficient (Wildman–Crippen LogP) is 5.60. The second-order valence-corrected chi connectivity index (χ2v) is 12.3. The highest BCUT2D eigenvalue weighted by atomic mass is 16.6. The van der Waals surface area contributed by atoms with Gasteiger partial charge in [0.05, 0.1) is 4.92 Å². The van der Waals surface area contributed by atoms with Crippen molar-refractivity contribution in [1.82, 2.24) is 15.5 Å². The van der Waals surface area contributed by atoms with E-state index in [1.54, 1.807) is 19.1 Å². The minimum atomic E-state index is -0.732. The molecule has 2 heterocycles. The molecule has 0 saturated carbocycles. The van der Waals surface area contributed by atoms with E-state index >= 15 is 0 Å². The van der Waals surface area contributed by atoms with Gasteiger partial charge in [0.2, 0.25) is 11.8 Å². The number of non-ortho nitro benzene ring substituents is 1. The maximum absolute atomic E-state index is 13.8. The summed E-state index contributed by atoms with van der Waals surface area (Å²) in [5.74, 6) is -1.65. The predicted molar refractivity (Wildman–Crippen MR) is 180 cm³/mol. The van der Waals surface area contributed by atoms with Gasteiger partial charge in [0.1, 0.15) is 0 Å². The highest BCUT2D eigenvalue weighted by Crippen LogP contribution is 2.42. The van der Waals surface area contributed by atoms with Crippen LogP contribution in [0.15, 0.2) is 101 Å². The number of likely N-dealkylation sites (tertiary alicyclic amines) is 1. The lowest BCUT2D eigenvalue weighted by Gasteiger charge is -2.43. The van der Waals surface area contributed by atoms with Crippen LogP contribution < -0.4 is 16.4 Å². The van der Waals surface area contributed by atoms with E-state index in [1.807, 2.05) is 6.92 Å². The van der Waals surface area contributed by atoms with Gasteiger partial charge in [-0.3, -0.25) is 19.7 Å². The number of nitrogens with two attached hydrogens (primary N) is 1. The Balaban J connectivity index is 1.25. The van der Waals surface area contributed by atoms with Crippen molar-refractivity contribution < 1.29 is 14.5 Å². The van der Waals surface area contributed by atoms with E-state index in [0.29, 0.717) is 35.5 Å². The summed E-state index contributed by atoms with van der Waals surface area (Å²) in [6.45, 7) is 9.06. The fraction of sp³-hybridized carbons (Fsp3) is 0.351. The molecule has 46 heavy (non-hydrogen) atoms. The van der Waals surface area contributed by atoms with Crippen molar-refractivity contribution in [2.75, 3.05) is 26.2 Å². The summed E-state index contributed by atoms with van der Waals surface area (Å²) in [5, 5.41) is 17.6. The number of hydrogen-bond acceptors (Lipinski definition) is 6. The third-order valence-electron chi connectivity index (χ3n) is 9.52. The molecule has 0 radical (unpaired) electrons. The van der Waals surface area contributed by atoms with E-state index in [2.05, 4.69) is 77.1 Å². The summed E-state index contributed by atoms with van der Waals surface area (Å²) in [4.78, 5) is 39.6. The number of rotatable bonds is 11. The van der Waals surface area contributed by atoms with Gasteiger partial charge >= 0.3 is 0 Å². The van der Waals surface area contributed by atoms with E-state index in [0.717, 1.165) is 38.9 Å². The number of nitrogens with one attached hydrogen (secondary N) is 2. The molecule has 1 atom stereocenters. The number of carbonyl (C=O) groups excluding carboxylic acids is 2. The van der Waals surface area contributed by atoms with E-state index in [1.165, 1.54) is 28.8 Å². The Morgan fingerprint density at radius 1 is 0.957 bits per heavy atom. The number of nitrogens with zero attached hydrogens (tertiary/aromatic N) is 2. The van der Waals surface area contributed by atoms with Crippen LogP contribution in [0.5, 0.6) is 0 Å². The van der Waals surface area contributed by atoms with Crippen LogP contribution in [-0.4, -0.2) is 47.8 Å². The van der Waals surface area contributed by atoms with Crippen molar-refractivity contribution in [3.63, 3.8) is 0 Å². The zero-order valence-corrected chi connectivity index (χ0v) is 26.8. The molecule has 3 aromatic rings.